The molecular weight excluding hydrogens is 336 g/mol. The highest BCUT2D eigenvalue weighted by Crippen LogP contribution is 2.68. The van der Waals surface area contributed by atoms with Gasteiger partial charge in [-0.1, -0.05) is 0 Å². The molecule has 0 amide bonds. The lowest BCUT2D eigenvalue weighted by molar-refractivity contribution is -0.344. The summed E-state index contributed by atoms with van der Waals surface area (Å²) in [5.41, 5.74) is 1.56. The summed E-state index contributed by atoms with van der Waals surface area (Å²) in [7, 11) is 1.65. The van der Waals surface area contributed by atoms with Crippen LogP contribution in [0.3, 0.4) is 0 Å². The Labute approximate surface area is 150 Å². The topological polar surface area (TPSA) is 78.1 Å². The largest absolute Gasteiger partial charge is 0.496 e. The number of fused-ring (bicyclic) bond motifs is 5. The Kier molecular flexibility index (Phi) is 2.47. The van der Waals surface area contributed by atoms with Crippen molar-refractivity contribution in [1.29, 1.82) is 0 Å². The van der Waals surface area contributed by atoms with Crippen molar-refractivity contribution in [2.24, 2.45) is 11.3 Å². The molecule has 1 aromatic heterocycles. The number of hydrogen-bond donors (Lipinski definition) is 1. The maximum Gasteiger partial charge on any atom is 0.318 e. The third-order valence-corrected chi connectivity index (χ3v) is 7.53. The molecular formula is C20H20O6. The Morgan fingerprint density at radius 2 is 2.19 bits per heavy atom. The molecule has 26 heavy (non-hydrogen) atoms. The van der Waals surface area contributed by atoms with E-state index in [1.54, 1.807) is 20.3 Å². The van der Waals surface area contributed by atoms with E-state index in [-0.39, 0.29) is 23.4 Å². The van der Waals surface area contributed by atoms with Crippen LogP contribution in [0.5, 0.6) is 5.75 Å². The zero-order valence-corrected chi connectivity index (χ0v) is 14.7. The van der Waals surface area contributed by atoms with Gasteiger partial charge in [-0.05, 0) is 31.0 Å². The van der Waals surface area contributed by atoms with Gasteiger partial charge in [-0.2, -0.15) is 0 Å². The van der Waals surface area contributed by atoms with Gasteiger partial charge in [-0.3, -0.25) is 4.79 Å². The molecule has 2 bridgehead atoms. The summed E-state index contributed by atoms with van der Waals surface area (Å²) in [5, 5.41) is 12.0. The first kappa shape index (κ1) is 15.1. The molecule has 3 aliphatic heterocycles. The summed E-state index contributed by atoms with van der Waals surface area (Å²) in [4.78, 5) is 12.8. The van der Waals surface area contributed by atoms with Crippen molar-refractivity contribution in [1.82, 2.24) is 0 Å². The van der Waals surface area contributed by atoms with Crippen molar-refractivity contribution in [3.8, 4) is 5.75 Å². The van der Waals surface area contributed by atoms with Gasteiger partial charge in [0.25, 0.3) is 0 Å². The van der Waals surface area contributed by atoms with E-state index in [9.17, 15) is 9.90 Å². The molecule has 6 nitrogen and oxygen atoms in total. The van der Waals surface area contributed by atoms with Crippen LogP contribution in [0.4, 0.5) is 0 Å². The summed E-state index contributed by atoms with van der Waals surface area (Å²) in [6, 6.07) is 3.98. The van der Waals surface area contributed by atoms with Gasteiger partial charge in [0, 0.05) is 29.7 Å². The molecule has 0 radical (unpaired) electrons. The molecule has 7 rings (SSSR count). The highest BCUT2D eigenvalue weighted by Gasteiger charge is 2.78. The van der Waals surface area contributed by atoms with E-state index in [0.29, 0.717) is 19.4 Å². The minimum atomic E-state index is -1.44. The maximum absolute atomic E-state index is 12.8. The van der Waals surface area contributed by atoms with Gasteiger partial charge in [0.2, 0.25) is 0 Å². The van der Waals surface area contributed by atoms with E-state index in [2.05, 4.69) is 6.07 Å². The normalized spacial score (nSPS) is 42.5. The van der Waals surface area contributed by atoms with Gasteiger partial charge in [-0.15, -0.1) is 0 Å². The number of methoxy groups -OCH3 is 1. The first-order valence-corrected chi connectivity index (χ1v) is 9.10. The fourth-order valence-electron chi connectivity index (χ4n) is 6.29. The van der Waals surface area contributed by atoms with Gasteiger partial charge in [0.1, 0.15) is 22.9 Å². The highest BCUT2D eigenvalue weighted by atomic mass is 16.6. The maximum atomic E-state index is 12.8. The molecule has 2 aromatic rings. The molecule has 5 atom stereocenters. The molecule has 3 saturated heterocycles. The summed E-state index contributed by atoms with van der Waals surface area (Å²) in [6.45, 7) is 2.18. The number of rotatable bonds is 1. The molecule has 2 aliphatic carbocycles. The highest BCUT2D eigenvalue weighted by molar-refractivity contribution is 5.90. The second-order valence-corrected chi connectivity index (χ2v) is 8.33. The first-order valence-electron chi connectivity index (χ1n) is 9.10. The fraction of sp³-hybridized carbons (Fsp3) is 0.550. The van der Waals surface area contributed by atoms with Crippen molar-refractivity contribution < 1.29 is 28.5 Å². The van der Waals surface area contributed by atoms with Crippen molar-refractivity contribution in [3.05, 3.63) is 29.5 Å². The van der Waals surface area contributed by atoms with Gasteiger partial charge in [-0.25, -0.2) is 0 Å². The number of carbonyl (C=O) groups excluding carboxylic acids is 1. The molecule has 5 aliphatic rings. The minimum Gasteiger partial charge on any atom is -0.496 e. The summed E-state index contributed by atoms with van der Waals surface area (Å²) in [5.74, 6) is -1.14. The monoisotopic (exact) mass is 356 g/mol. The summed E-state index contributed by atoms with van der Waals surface area (Å²) >= 11 is 0. The Morgan fingerprint density at radius 1 is 1.35 bits per heavy atom. The quantitative estimate of drug-likeness (QED) is 0.790. The van der Waals surface area contributed by atoms with Crippen molar-refractivity contribution in [3.63, 3.8) is 0 Å². The standard InChI is InChI=1S/C20H20O6/c1-18-16-14(26-17(18)21)7-11-12(19(16)4-5-20(18,22)25-9-19)8-13(23-2)10-3-6-24-15(10)11/h3,6,8,14,16,22H,4-5,7,9H2,1-2H3/t14-,16+,18+,19-,20?/m1/s1. The van der Waals surface area contributed by atoms with E-state index in [4.69, 9.17) is 18.6 Å². The van der Waals surface area contributed by atoms with E-state index in [1.165, 1.54) is 0 Å². The molecule has 1 unspecified atom stereocenters. The lowest BCUT2D eigenvalue weighted by atomic mass is 9.46. The third kappa shape index (κ3) is 1.33. The molecule has 1 spiro atoms. The molecule has 4 heterocycles. The third-order valence-electron chi connectivity index (χ3n) is 7.53. The van der Waals surface area contributed by atoms with Gasteiger partial charge in [0.15, 0.2) is 5.79 Å². The van der Waals surface area contributed by atoms with Crippen LogP contribution < -0.4 is 4.74 Å². The number of benzene rings is 1. The van der Waals surface area contributed by atoms with Gasteiger partial charge >= 0.3 is 5.97 Å². The van der Waals surface area contributed by atoms with Crippen LogP contribution in [-0.2, 0) is 26.1 Å². The smallest absolute Gasteiger partial charge is 0.318 e. The van der Waals surface area contributed by atoms with Crippen LogP contribution in [-0.4, -0.2) is 36.7 Å². The zero-order valence-electron chi connectivity index (χ0n) is 14.7. The van der Waals surface area contributed by atoms with E-state index >= 15 is 0 Å². The average Bonchev–Trinajstić information content (AvgIpc) is 3.22. The van der Waals surface area contributed by atoms with Gasteiger partial charge in [0.05, 0.1) is 25.4 Å². The predicted molar refractivity (Wildman–Crippen MR) is 89.8 cm³/mol. The number of aliphatic hydroxyl groups is 1. The van der Waals surface area contributed by atoms with Crippen LogP contribution in [0.15, 0.2) is 22.8 Å². The van der Waals surface area contributed by atoms with Crippen LogP contribution in [0.25, 0.3) is 11.0 Å². The molecule has 6 heteroatoms. The van der Waals surface area contributed by atoms with Crippen LogP contribution in [0.1, 0.15) is 30.9 Å². The number of furan rings is 1. The van der Waals surface area contributed by atoms with E-state index < -0.39 is 11.2 Å². The van der Waals surface area contributed by atoms with Crippen molar-refractivity contribution in [2.45, 2.75) is 43.5 Å². The fourth-order valence-corrected chi connectivity index (χ4v) is 6.29. The number of esters is 1. The van der Waals surface area contributed by atoms with Crippen molar-refractivity contribution in [2.75, 3.05) is 13.7 Å². The summed E-state index contributed by atoms with van der Waals surface area (Å²) in [6.07, 6.45) is 3.16. The van der Waals surface area contributed by atoms with E-state index in [0.717, 1.165) is 34.3 Å². The number of hydrogen-bond acceptors (Lipinski definition) is 6. The molecule has 1 N–H and O–H groups in total. The van der Waals surface area contributed by atoms with Crippen LogP contribution in [0.2, 0.25) is 0 Å². The Bertz CT molecular complexity index is 966. The van der Waals surface area contributed by atoms with Gasteiger partial charge < -0.3 is 23.7 Å². The minimum absolute atomic E-state index is 0.111. The SMILES string of the molecule is COc1cc2c(c3occc13)C[C@H]1OC(=O)[C@]3(C)[C@H]1[C@@]21CCC3(O)OC1. The Balaban J connectivity index is 1.69. The zero-order chi connectivity index (χ0) is 17.9. The lowest BCUT2D eigenvalue weighted by Crippen LogP contribution is -2.71. The molecule has 1 aromatic carbocycles. The van der Waals surface area contributed by atoms with E-state index in [1.807, 2.05) is 6.07 Å². The molecule has 1 saturated carbocycles. The predicted octanol–water partition coefficient (Wildman–Crippen LogP) is 2.30. The number of carbonyl (C=O) groups is 1. The second-order valence-electron chi connectivity index (χ2n) is 8.33. The van der Waals surface area contributed by atoms with Crippen molar-refractivity contribution >= 4 is 16.9 Å². The first-order chi connectivity index (χ1) is 12.4. The Hall–Kier alpha value is -2.05. The van der Waals surface area contributed by atoms with Crippen LogP contribution in [0, 0.1) is 11.3 Å². The summed E-state index contributed by atoms with van der Waals surface area (Å²) < 4.78 is 23.2. The van der Waals surface area contributed by atoms with Crippen LogP contribution >= 0.6 is 0 Å². The Morgan fingerprint density at radius 3 is 2.92 bits per heavy atom. The molecule has 4 fully saturated rings. The number of ether oxygens (including phenoxy) is 3. The molecule has 136 valence electrons. The lowest BCUT2D eigenvalue weighted by Gasteiger charge is -2.62. The average molecular weight is 356 g/mol. The second kappa shape index (κ2) is 4.26.